The quantitative estimate of drug-likeness (QED) is 0.778. The zero-order valence-electron chi connectivity index (χ0n) is 9.98. The normalized spacial score (nSPS) is 10.6. The van der Waals surface area contributed by atoms with E-state index in [0.717, 1.165) is 12.1 Å². The van der Waals surface area contributed by atoms with Gasteiger partial charge < -0.3 is 15.7 Å². The third-order valence-corrected chi connectivity index (χ3v) is 2.39. The Bertz CT molecular complexity index is 387. The second-order valence-electron chi connectivity index (χ2n) is 4.09. The SMILES string of the molecule is CC(C)N(CCO)C(=O)c1cc(N)cc(F)c1. The number of rotatable bonds is 4. The fourth-order valence-corrected chi connectivity index (χ4v) is 1.60. The van der Waals surface area contributed by atoms with Crippen LogP contribution in [0, 0.1) is 5.82 Å². The highest BCUT2D eigenvalue weighted by Crippen LogP contribution is 2.14. The van der Waals surface area contributed by atoms with Crippen LogP contribution in [0.3, 0.4) is 0 Å². The fraction of sp³-hybridized carbons (Fsp3) is 0.417. The molecule has 5 heteroatoms. The summed E-state index contributed by atoms with van der Waals surface area (Å²) >= 11 is 0. The molecule has 0 aliphatic heterocycles. The van der Waals surface area contributed by atoms with Crippen LogP contribution in [0.15, 0.2) is 18.2 Å². The van der Waals surface area contributed by atoms with Crippen molar-refractivity contribution in [1.29, 1.82) is 0 Å². The molecule has 0 bridgehead atoms. The molecule has 3 N–H and O–H groups in total. The predicted molar refractivity (Wildman–Crippen MR) is 64.1 cm³/mol. The highest BCUT2D eigenvalue weighted by Gasteiger charge is 2.18. The Morgan fingerprint density at radius 3 is 2.59 bits per heavy atom. The Balaban J connectivity index is 3.00. The number of carbonyl (C=O) groups is 1. The second kappa shape index (κ2) is 5.63. The van der Waals surface area contributed by atoms with E-state index in [-0.39, 0.29) is 36.4 Å². The van der Waals surface area contributed by atoms with Crippen LogP contribution in [0.4, 0.5) is 10.1 Å². The zero-order valence-corrected chi connectivity index (χ0v) is 9.98. The Morgan fingerprint density at radius 2 is 2.12 bits per heavy atom. The molecular weight excluding hydrogens is 223 g/mol. The van der Waals surface area contributed by atoms with Crippen molar-refractivity contribution < 1.29 is 14.3 Å². The molecule has 0 spiro atoms. The molecule has 0 heterocycles. The molecule has 94 valence electrons. The molecule has 4 nitrogen and oxygen atoms in total. The van der Waals surface area contributed by atoms with Gasteiger partial charge in [-0.15, -0.1) is 0 Å². The second-order valence-corrected chi connectivity index (χ2v) is 4.09. The minimum absolute atomic E-state index is 0.0702. The number of amides is 1. The largest absolute Gasteiger partial charge is 0.399 e. The summed E-state index contributed by atoms with van der Waals surface area (Å²) in [6.45, 7) is 3.74. The number of hydrogen-bond donors (Lipinski definition) is 2. The van der Waals surface area contributed by atoms with E-state index in [0.29, 0.717) is 0 Å². The summed E-state index contributed by atoms with van der Waals surface area (Å²) < 4.78 is 13.1. The van der Waals surface area contributed by atoms with Crippen molar-refractivity contribution in [2.75, 3.05) is 18.9 Å². The van der Waals surface area contributed by atoms with Crippen molar-refractivity contribution in [2.45, 2.75) is 19.9 Å². The Morgan fingerprint density at radius 1 is 1.47 bits per heavy atom. The van der Waals surface area contributed by atoms with Crippen molar-refractivity contribution in [3.05, 3.63) is 29.6 Å². The summed E-state index contributed by atoms with van der Waals surface area (Å²) in [7, 11) is 0. The third kappa shape index (κ3) is 3.42. The number of nitrogens with zero attached hydrogens (tertiary/aromatic N) is 1. The lowest BCUT2D eigenvalue weighted by Gasteiger charge is -2.26. The Labute approximate surface area is 99.8 Å². The number of hydrogen-bond acceptors (Lipinski definition) is 3. The van der Waals surface area contributed by atoms with Gasteiger partial charge in [0.2, 0.25) is 0 Å². The van der Waals surface area contributed by atoms with Crippen molar-refractivity contribution in [1.82, 2.24) is 4.90 Å². The van der Waals surface area contributed by atoms with Gasteiger partial charge in [0.15, 0.2) is 0 Å². The summed E-state index contributed by atoms with van der Waals surface area (Å²) in [5.41, 5.74) is 5.90. The minimum Gasteiger partial charge on any atom is -0.399 e. The lowest BCUT2D eigenvalue weighted by molar-refractivity contribution is 0.0665. The third-order valence-electron chi connectivity index (χ3n) is 2.39. The van der Waals surface area contributed by atoms with Gasteiger partial charge in [-0.1, -0.05) is 0 Å². The van der Waals surface area contributed by atoms with Crippen molar-refractivity contribution in [2.24, 2.45) is 0 Å². The lowest BCUT2D eigenvalue weighted by atomic mass is 10.1. The molecule has 0 unspecified atom stereocenters. The van der Waals surface area contributed by atoms with Crippen LogP contribution in [0.5, 0.6) is 0 Å². The summed E-state index contributed by atoms with van der Waals surface area (Å²) in [5, 5.41) is 8.90. The first-order valence-corrected chi connectivity index (χ1v) is 5.43. The summed E-state index contributed by atoms with van der Waals surface area (Å²) in [4.78, 5) is 13.5. The molecule has 0 saturated heterocycles. The van der Waals surface area contributed by atoms with Gasteiger partial charge >= 0.3 is 0 Å². The van der Waals surface area contributed by atoms with E-state index in [1.54, 1.807) is 0 Å². The first-order chi connectivity index (χ1) is 7.95. The molecule has 0 radical (unpaired) electrons. The summed E-state index contributed by atoms with van der Waals surface area (Å²) in [5.74, 6) is -0.874. The molecule has 1 amide bonds. The van der Waals surface area contributed by atoms with Crippen LogP contribution < -0.4 is 5.73 Å². The number of anilines is 1. The van der Waals surface area contributed by atoms with Crippen LogP contribution in [0.2, 0.25) is 0 Å². The van der Waals surface area contributed by atoms with Crippen LogP contribution in [-0.4, -0.2) is 35.1 Å². The van der Waals surface area contributed by atoms with E-state index in [1.807, 2.05) is 13.8 Å². The summed E-state index contributed by atoms with van der Waals surface area (Å²) in [6, 6.07) is 3.66. The molecule has 0 aliphatic carbocycles. The van der Waals surface area contributed by atoms with Gasteiger partial charge in [0, 0.05) is 23.8 Å². The van der Waals surface area contributed by atoms with Crippen LogP contribution in [0.25, 0.3) is 0 Å². The first kappa shape index (κ1) is 13.4. The fourth-order valence-electron chi connectivity index (χ4n) is 1.60. The van der Waals surface area contributed by atoms with E-state index in [1.165, 1.54) is 11.0 Å². The van der Waals surface area contributed by atoms with Gasteiger partial charge in [-0.05, 0) is 32.0 Å². The van der Waals surface area contributed by atoms with Gasteiger partial charge in [-0.25, -0.2) is 4.39 Å². The number of nitrogens with two attached hydrogens (primary N) is 1. The minimum atomic E-state index is -0.541. The highest BCUT2D eigenvalue weighted by molar-refractivity contribution is 5.95. The lowest BCUT2D eigenvalue weighted by Crippen LogP contribution is -2.39. The maximum Gasteiger partial charge on any atom is 0.254 e. The molecule has 0 atom stereocenters. The number of nitrogen functional groups attached to an aromatic ring is 1. The molecule has 0 saturated carbocycles. The van der Waals surface area contributed by atoms with Gasteiger partial charge in [0.05, 0.1) is 6.61 Å². The van der Waals surface area contributed by atoms with Crippen LogP contribution in [0.1, 0.15) is 24.2 Å². The Hall–Kier alpha value is -1.62. The maximum absolute atomic E-state index is 13.1. The molecule has 0 aliphatic rings. The number of benzene rings is 1. The van der Waals surface area contributed by atoms with Crippen molar-refractivity contribution in [3.63, 3.8) is 0 Å². The van der Waals surface area contributed by atoms with Gasteiger partial charge in [0.1, 0.15) is 5.82 Å². The van der Waals surface area contributed by atoms with E-state index < -0.39 is 5.82 Å². The average Bonchev–Trinajstić information content (AvgIpc) is 2.23. The number of aliphatic hydroxyl groups excluding tert-OH is 1. The van der Waals surface area contributed by atoms with E-state index in [4.69, 9.17) is 10.8 Å². The number of aliphatic hydroxyl groups is 1. The smallest absolute Gasteiger partial charge is 0.254 e. The standard InChI is InChI=1S/C12H17FN2O2/c1-8(2)15(3-4-16)12(17)9-5-10(13)7-11(14)6-9/h5-8,16H,3-4,14H2,1-2H3. The molecular formula is C12H17FN2O2. The van der Waals surface area contributed by atoms with Gasteiger partial charge in [-0.3, -0.25) is 4.79 Å². The molecule has 1 aromatic rings. The van der Waals surface area contributed by atoms with Crippen LogP contribution >= 0.6 is 0 Å². The van der Waals surface area contributed by atoms with Gasteiger partial charge in [0.25, 0.3) is 5.91 Å². The highest BCUT2D eigenvalue weighted by atomic mass is 19.1. The molecule has 17 heavy (non-hydrogen) atoms. The molecule has 0 aromatic heterocycles. The first-order valence-electron chi connectivity index (χ1n) is 5.43. The number of carbonyl (C=O) groups excluding carboxylic acids is 1. The van der Waals surface area contributed by atoms with E-state index >= 15 is 0 Å². The monoisotopic (exact) mass is 240 g/mol. The Kier molecular flexibility index (Phi) is 4.45. The zero-order chi connectivity index (χ0) is 13.0. The molecule has 0 fully saturated rings. The topological polar surface area (TPSA) is 66.6 Å². The maximum atomic E-state index is 13.1. The van der Waals surface area contributed by atoms with E-state index in [2.05, 4.69) is 0 Å². The number of halogens is 1. The molecule has 1 aromatic carbocycles. The van der Waals surface area contributed by atoms with Crippen molar-refractivity contribution in [3.8, 4) is 0 Å². The van der Waals surface area contributed by atoms with E-state index in [9.17, 15) is 9.18 Å². The van der Waals surface area contributed by atoms with Gasteiger partial charge in [-0.2, -0.15) is 0 Å². The predicted octanol–water partition coefficient (Wildman–Crippen LogP) is 1.25. The van der Waals surface area contributed by atoms with Crippen molar-refractivity contribution >= 4 is 11.6 Å². The average molecular weight is 240 g/mol. The molecule has 1 rings (SSSR count). The van der Waals surface area contributed by atoms with Crippen LogP contribution in [-0.2, 0) is 0 Å². The summed E-state index contributed by atoms with van der Waals surface area (Å²) in [6.07, 6.45) is 0.